The van der Waals surface area contributed by atoms with Crippen molar-refractivity contribution in [3.63, 3.8) is 0 Å². The highest BCUT2D eigenvalue weighted by Gasteiger charge is 2.30. The minimum Gasteiger partial charge on any atom is -0.465 e. The van der Waals surface area contributed by atoms with Gasteiger partial charge >= 0.3 is 12.1 Å². The van der Waals surface area contributed by atoms with Gasteiger partial charge in [-0.2, -0.15) is 0 Å². The number of unbranched alkanes of at least 4 members (excludes halogenated alkanes) is 1. The zero-order valence-electron chi connectivity index (χ0n) is 23.9. The molecule has 7 atom stereocenters. The number of esters is 1. The van der Waals surface area contributed by atoms with Crippen molar-refractivity contribution in [1.29, 1.82) is 0 Å². The fourth-order valence-corrected chi connectivity index (χ4v) is 3.85. The van der Waals surface area contributed by atoms with E-state index in [-0.39, 0.29) is 29.6 Å². The standard InChI is InChI=1S/C30H51NO6/c1-9-10-16-23(4)27(37-29(31)35)24(5)25(32)19-14-13-18-22(3)26(33)21(2)17-12-11-15-20-36-28(34)30(6,7)8/h9-10,12-13,16-18,21-27,32-33H,1,11,14-15,19-20H2,2-8H3,(H2,31,35)/b16-10-,17-12-,18-13-/t21-,22-,23-,24-,25+,26-,27-/m0/s1. The zero-order chi connectivity index (χ0) is 28.6. The van der Waals surface area contributed by atoms with Crippen LogP contribution in [0.15, 0.2) is 49.1 Å². The molecule has 0 aromatic carbocycles. The van der Waals surface area contributed by atoms with Crippen molar-refractivity contribution < 1.29 is 29.3 Å². The van der Waals surface area contributed by atoms with Crippen LogP contribution in [0.25, 0.3) is 0 Å². The van der Waals surface area contributed by atoms with Crippen LogP contribution in [-0.2, 0) is 14.3 Å². The number of carbonyl (C=O) groups excluding carboxylic acids is 2. The Labute approximate surface area is 224 Å². The third-order valence-electron chi connectivity index (χ3n) is 6.39. The Morgan fingerprint density at radius 3 is 2.03 bits per heavy atom. The first-order valence-electron chi connectivity index (χ1n) is 13.3. The number of hydrogen-bond acceptors (Lipinski definition) is 6. The Kier molecular flexibility index (Phi) is 16.8. The van der Waals surface area contributed by atoms with E-state index in [1.165, 1.54) is 0 Å². The van der Waals surface area contributed by atoms with Gasteiger partial charge in [0.05, 0.1) is 24.2 Å². The van der Waals surface area contributed by atoms with E-state index in [4.69, 9.17) is 15.2 Å². The predicted octanol–water partition coefficient (Wildman–Crippen LogP) is 5.72. The van der Waals surface area contributed by atoms with Gasteiger partial charge in [0.1, 0.15) is 6.10 Å². The summed E-state index contributed by atoms with van der Waals surface area (Å²) in [7, 11) is 0. The first kappa shape index (κ1) is 34.6. The second-order valence-corrected chi connectivity index (χ2v) is 11.0. The molecule has 212 valence electrons. The lowest BCUT2D eigenvalue weighted by atomic mass is 9.87. The number of rotatable bonds is 17. The summed E-state index contributed by atoms with van der Waals surface area (Å²) in [5.41, 5.74) is 4.75. The number of aliphatic hydroxyl groups excluding tert-OH is 2. The first-order chi connectivity index (χ1) is 17.2. The minimum atomic E-state index is -0.863. The van der Waals surface area contributed by atoms with Gasteiger partial charge in [-0.3, -0.25) is 4.79 Å². The summed E-state index contributed by atoms with van der Waals surface area (Å²) in [4.78, 5) is 23.1. The van der Waals surface area contributed by atoms with Crippen LogP contribution in [0.5, 0.6) is 0 Å². The zero-order valence-corrected chi connectivity index (χ0v) is 23.9. The summed E-state index contributed by atoms with van der Waals surface area (Å²) in [5, 5.41) is 21.3. The Hall–Kier alpha value is -2.38. The number of ether oxygens (including phenoxy) is 2. The normalized spacial score (nSPS) is 18.3. The molecule has 0 rings (SSSR count). The van der Waals surface area contributed by atoms with Crippen LogP contribution < -0.4 is 5.73 Å². The molecule has 7 nitrogen and oxygen atoms in total. The summed E-state index contributed by atoms with van der Waals surface area (Å²) < 4.78 is 10.5. The molecular weight excluding hydrogens is 470 g/mol. The monoisotopic (exact) mass is 521 g/mol. The van der Waals surface area contributed by atoms with Crippen molar-refractivity contribution in [2.45, 2.75) is 92.5 Å². The lowest BCUT2D eigenvalue weighted by Crippen LogP contribution is -2.38. The number of primary amides is 1. The molecule has 0 heterocycles. The van der Waals surface area contributed by atoms with Crippen molar-refractivity contribution in [2.24, 2.45) is 34.8 Å². The number of aliphatic hydroxyl groups is 2. The van der Waals surface area contributed by atoms with Gasteiger partial charge in [-0.1, -0.05) is 76.8 Å². The van der Waals surface area contributed by atoms with Crippen LogP contribution >= 0.6 is 0 Å². The second-order valence-electron chi connectivity index (χ2n) is 11.0. The molecule has 0 aromatic heterocycles. The Morgan fingerprint density at radius 2 is 1.51 bits per heavy atom. The highest BCUT2D eigenvalue weighted by atomic mass is 16.6. The summed E-state index contributed by atoms with van der Waals surface area (Å²) in [6.07, 6.45) is 13.2. The fourth-order valence-electron chi connectivity index (χ4n) is 3.85. The van der Waals surface area contributed by atoms with E-state index in [9.17, 15) is 19.8 Å². The maximum atomic E-state index is 11.8. The molecular formula is C30H51NO6. The molecule has 37 heavy (non-hydrogen) atoms. The first-order valence-corrected chi connectivity index (χ1v) is 13.3. The van der Waals surface area contributed by atoms with Crippen LogP contribution in [0.3, 0.4) is 0 Å². The van der Waals surface area contributed by atoms with Gasteiger partial charge in [-0.15, -0.1) is 0 Å². The van der Waals surface area contributed by atoms with Crippen LogP contribution in [0.1, 0.15) is 74.1 Å². The van der Waals surface area contributed by atoms with E-state index >= 15 is 0 Å². The molecule has 0 unspecified atom stereocenters. The van der Waals surface area contributed by atoms with Gasteiger partial charge in [-0.25, -0.2) is 4.79 Å². The summed E-state index contributed by atoms with van der Waals surface area (Å²) in [6.45, 7) is 17.2. The highest BCUT2D eigenvalue weighted by Crippen LogP contribution is 2.24. The summed E-state index contributed by atoms with van der Waals surface area (Å²) >= 11 is 0. The molecule has 7 heteroatoms. The lowest BCUT2D eigenvalue weighted by Gasteiger charge is -2.30. The van der Waals surface area contributed by atoms with Crippen molar-refractivity contribution in [1.82, 2.24) is 0 Å². The molecule has 0 aliphatic rings. The molecule has 0 aromatic rings. The quantitative estimate of drug-likeness (QED) is 0.0974. The highest BCUT2D eigenvalue weighted by molar-refractivity contribution is 5.75. The molecule has 0 radical (unpaired) electrons. The van der Waals surface area contributed by atoms with Crippen LogP contribution in [-0.4, -0.2) is 47.2 Å². The van der Waals surface area contributed by atoms with Gasteiger partial charge < -0.3 is 25.4 Å². The number of hydrogen-bond donors (Lipinski definition) is 3. The lowest BCUT2D eigenvalue weighted by molar-refractivity contribution is -0.153. The van der Waals surface area contributed by atoms with Crippen molar-refractivity contribution in [3.8, 4) is 0 Å². The smallest absolute Gasteiger partial charge is 0.404 e. The minimum absolute atomic E-state index is 0.0285. The van der Waals surface area contributed by atoms with Crippen molar-refractivity contribution in [2.75, 3.05) is 6.61 Å². The van der Waals surface area contributed by atoms with E-state index in [2.05, 4.69) is 6.58 Å². The Bertz CT molecular complexity index is 767. The maximum Gasteiger partial charge on any atom is 0.404 e. The molecule has 1 amide bonds. The van der Waals surface area contributed by atoms with E-state index in [1.54, 1.807) is 12.2 Å². The van der Waals surface area contributed by atoms with Gasteiger partial charge in [-0.05, 0) is 46.5 Å². The van der Waals surface area contributed by atoms with E-state index < -0.39 is 29.8 Å². The Morgan fingerprint density at radius 1 is 0.946 bits per heavy atom. The fraction of sp³-hybridized carbons (Fsp3) is 0.667. The van der Waals surface area contributed by atoms with E-state index in [1.807, 2.05) is 78.8 Å². The molecule has 0 saturated heterocycles. The largest absolute Gasteiger partial charge is 0.465 e. The Balaban J connectivity index is 4.59. The third kappa shape index (κ3) is 14.8. The van der Waals surface area contributed by atoms with E-state index in [0.29, 0.717) is 19.4 Å². The third-order valence-corrected chi connectivity index (χ3v) is 6.39. The molecule has 4 N–H and O–H groups in total. The number of allylic oxidation sites excluding steroid dienone is 4. The maximum absolute atomic E-state index is 11.8. The summed E-state index contributed by atoms with van der Waals surface area (Å²) in [5.74, 6) is -0.725. The molecule has 0 aliphatic carbocycles. The van der Waals surface area contributed by atoms with Gasteiger partial charge in [0.25, 0.3) is 0 Å². The average molecular weight is 522 g/mol. The van der Waals surface area contributed by atoms with Gasteiger partial charge in [0.2, 0.25) is 0 Å². The van der Waals surface area contributed by atoms with E-state index in [0.717, 1.165) is 12.8 Å². The SMILES string of the molecule is C=C/C=C\[C@H](C)[C@H](OC(N)=O)[C@@H](C)[C@H](O)CC/C=C\[C@H](C)[C@@H](O)[C@@H](C)/C=C\CCCOC(=O)C(C)(C)C. The molecule has 0 fully saturated rings. The summed E-state index contributed by atoms with van der Waals surface area (Å²) in [6, 6.07) is 0. The predicted molar refractivity (Wildman–Crippen MR) is 150 cm³/mol. The second kappa shape index (κ2) is 18.0. The number of amides is 1. The number of carbonyl (C=O) groups is 2. The molecule has 0 bridgehead atoms. The van der Waals surface area contributed by atoms with Crippen LogP contribution in [0.2, 0.25) is 0 Å². The molecule has 0 saturated carbocycles. The van der Waals surface area contributed by atoms with Gasteiger partial charge in [0, 0.05) is 23.7 Å². The topological polar surface area (TPSA) is 119 Å². The van der Waals surface area contributed by atoms with Gasteiger partial charge in [0.15, 0.2) is 0 Å². The van der Waals surface area contributed by atoms with Crippen LogP contribution in [0.4, 0.5) is 4.79 Å². The molecule has 0 aliphatic heterocycles. The average Bonchev–Trinajstić information content (AvgIpc) is 2.83. The van der Waals surface area contributed by atoms with Crippen molar-refractivity contribution >= 4 is 12.1 Å². The van der Waals surface area contributed by atoms with Crippen molar-refractivity contribution in [3.05, 3.63) is 49.1 Å². The van der Waals surface area contributed by atoms with Crippen LogP contribution in [0, 0.1) is 29.1 Å². The number of nitrogens with two attached hydrogens (primary N) is 1. The molecule has 0 spiro atoms.